The Kier molecular flexibility index (Phi) is 5.94. The van der Waals surface area contributed by atoms with Crippen LogP contribution in [0.4, 0.5) is 0 Å². The van der Waals surface area contributed by atoms with Gasteiger partial charge in [-0.05, 0) is 31.2 Å². The number of sulfonamides is 1. The van der Waals surface area contributed by atoms with Gasteiger partial charge >= 0.3 is 0 Å². The average molecular weight is 443 g/mol. The number of carbonyl (C=O) groups is 1. The first kappa shape index (κ1) is 20.6. The minimum Gasteiger partial charge on any atom is -0.340 e. The molecule has 9 heteroatoms. The maximum Gasteiger partial charge on any atom is 0.243 e. The summed E-state index contributed by atoms with van der Waals surface area (Å²) >= 11 is 1.48. The quantitative estimate of drug-likeness (QED) is 0.607. The second-order valence-corrected chi connectivity index (χ2v) is 9.96. The summed E-state index contributed by atoms with van der Waals surface area (Å²) in [5.41, 5.74) is 2.66. The Balaban J connectivity index is 1.36. The normalized spacial score (nSPS) is 15.3. The van der Waals surface area contributed by atoms with Crippen molar-refractivity contribution < 1.29 is 13.2 Å². The van der Waals surface area contributed by atoms with Gasteiger partial charge in [-0.3, -0.25) is 9.78 Å². The highest BCUT2D eigenvalue weighted by Gasteiger charge is 2.30. The van der Waals surface area contributed by atoms with Crippen LogP contribution >= 0.6 is 11.3 Å². The summed E-state index contributed by atoms with van der Waals surface area (Å²) in [7, 11) is -3.54. The Morgan fingerprint density at radius 3 is 2.50 bits per heavy atom. The van der Waals surface area contributed by atoms with Crippen molar-refractivity contribution >= 4 is 27.3 Å². The molecule has 1 aromatic carbocycles. The fourth-order valence-corrected chi connectivity index (χ4v) is 5.55. The van der Waals surface area contributed by atoms with E-state index < -0.39 is 10.0 Å². The molecule has 1 fully saturated rings. The Bertz CT molecular complexity index is 1120. The maximum absolute atomic E-state index is 12.8. The van der Waals surface area contributed by atoms with Crippen molar-refractivity contribution in [3.8, 4) is 10.6 Å². The van der Waals surface area contributed by atoms with E-state index in [2.05, 4.69) is 9.97 Å². The van der Waals surface area contributed by atoms with E-state index in [-0.39, 0.29) is 12.3 Å². The third kappa shape index (κ3) is 4.43. The van der Waals surface area contributed by atoms with Crippen LogP contribution in [0.1, 0.15) is 11.3 Å². The van der Waals surface area contributed by atoms with Crippen LogP contribution in [0.5, 0.6) is 0 Å². The molecule has 3 aromatic rings. The van der Waals surface area contributed by atoms with E-state index in [4.69, 9.17) is 0 Å². The molecule has 30 heavy (non-hydrogen) atoms. The molecule has 4 rings (SSSR count). The van der Waals surface area contributed by atoms with Crippen molar-refractivity contribution in [2.75, 3.05) is 26.2 Å². The van der Waals surface area contributed by atoms with Crippen molar-refractivity contribution in [2.45, 2.75) is 18.2 Å². The number of aromatic nitrogens is 2. The molecular weight excluding hydrogens is 420 g/mol. The van der Waals surface area contributed by atoms with Gasteiger partial charge < -0.3 is 4.90 Å². The second kappa shape index (κ2) is 8.63. The zero-order valence-corrected chi connectivity index (χ0v) is 18.2. The predicted octanol–water partition coefficient (Wildman–Crippen LogP) is 2.59. The van der Waals surface area contributed by atoms with E-state index in [0.717, 1.165) is 21.8 Å². The topological polar surface area (TPSA) is 83.5 Å². The van der Waals surface area contributed by atoms with E-state index in [9.17, 15) is 13.2 Å². The number of nitrogens with zero attached hydrogens (tertiary/aromatic N) is 4. The first-order valence-electron chi connectivity index (χ1n) is 9.63. The molecule has 0 N–H and O–H groups in total. The summed E-state index contributed by atoms with van der Waals surface area (Å²) in [5.74, 6) is -0.0366. The van der Waals surface area contributed by atoms with E-state index in [1.807, 2.05) is 24.4 Å². The van der Waals surface area contributed by atoms with Crippen molar-refractivity contribution in [2.24, 2.45) is 0 Å². The lowest BCUT2D eigenvalue weighted by molar-refractivity contribution is -0.131. The van der Waals surface area contributed by atoms with Gasteiger partial charge in [0.25, 0.3) is 0 Å². The third-order valence-electron chi connectivity index (χ3n) is 5.04. The van der Waals surface area contributed by atoms with Gasteiger partial charge in [0.1, 0.15) is 5.01 Å². The SMILES string of the molecule is Cc1ccc(S(=O)(=O)N2CCN(C(=O)Cc3csc(-c4cccnc4)n3)CC2)cc1. The predicted molar refractivity (Wildman–Crippen MR) is 116 cm³/mol. The molecule has 1 amide bonds. The van der Waals surface area contributed by atoms with Gasteiger partial charge in [0.15, 0.2) is 0 Å². The number of benzene rings is 1. The number of carbonyl (C=O) groups excluding carboxylic acids is 1. The summed E-state index contributed by atoms with van der Waals surface area (Å²) in [6, 6.07) is 10.6. The molecule has 1 aliphatic rings. The van der Waals surface area contributed by atoms with Crippen LogP contribution in [0.15, 0.2) is 59.1 Å². The molecule has 0 radical (unpaired) electrons. The number of piperazine rings is 1. The Labute approximate surface area is 180 Å². The number of pyridine rings is 1. The highest BCUT2D eigenvalue weighted by atomic mass is 32.2. The molecule has 1 saturated heterocycles. The standard InChI is InChI=1S/C21H22N4O3S2/c1-16-4-6-19(7-5-16)30(27,28)25-11-9-24(10-12-25)20(26)13-18-15-29-21(23-18)17-3-2-8-22-14-17/h2-8,14-15H,9-13H2,1H3. The van der Waals surface area contributed by atoms with Crippen molar-refractivity contribution in [3.63, 3.8) is 0 Å². The van der Waals surface area contributed by atoms with Crippen LogP contribution in [0.2, 0.25) is 0 Å². The molecule has 2 aromatic heterocycles. The van der Waals surface area contributed by atoms with Gasteiger partial charge in [0, 0.05) is 49.5 Å². The monoisotopic (exact) mass is 442 g/mol. The Morgan fingerprint density at radius 1 is 1.10 bits per heavy atom. The molecule has 156 valence electrons. The van der Waals surface area contributed by atoms with Crippen LogP contribution in [-0.2, 0) is 21.2 Å². The fourth-order valence-electron chi connectivity index (χ4n) is 3.31. The van der Waals surface area contributed by atoms with Gasteiger partial charge in [-0.1, -0.05) is 17.7 Å². The van der Waals surface area contributed by atoms with Gasteiger partial charge in [0.2, 0.25) is 15.9 Å². The van der Waals surface area contributed by atoms with Crippen molar-refractivity contribution in [3.05, 3.63) is 65.4 Å². The summed E-state index contributed by atoms with van der Waals surface area (Å²) in [6.07, 6.45) is 3.67. The van der Waals surface area contributed by atoms with Crippen LogP contribution in [-0.4, -0.2) is 59.7 Å². The van der Waals surface area contributed by atoms with Crippen LogP contribution in [0.3, 0.4) is 0 Å². The summed E-state index contributed by atoms with van der Waals surface area (Å²) in [6.45, 7) is 3.26. The summed E-state index contributed by atoms with van der Waals surface area (Å²) in [5, 5.41) is 2.72. The van der Waals surface area contributed by atoms with Gasteiger partial charge in [-0.15, -0.1) is 11.3 Å². The van der Waals surface area contributed by atoms with Gasteiger partial charge in [-0.25, -0.2) is 13.4 Å². The van der Waals surface area contributed by atoms with E-state index in [1.165, 1.54) is 15.6 Å². The van der Waals surface area contributed by atoms with Gasteiger partial charge in [0.05, 0.1) is 17.0 Å². The maximum atomic E-state index is 12.8. The highest BCUT2D eigenvalue weighted by Crippen LogP contribution is 2.23. The smallest absolute Gasteiger partial charge is 0.243 e. The zero-order chi connectivity index (χ0) is 21.1. The van der Waals surface area contributed by atoms with Crippen molar-refractivity contribution in [1.29, 1.82) is 0 Å². The second-order valence-electron chi connectivity index (χ2n) is 7.16. The molecular formula is C21H22N4O3S2. The minimum absolute atomic E-state index is 0.0366. The third-order valence-corrected chi connectivity index (χ3v) is 7.90. The molecule has 0 unspecified atom stereocenters. The molecule has 0 atom stereocenters. The molecule has 1 aliphatic heterocycles. The average Bonchev–Trinajstić information content (AvgIpc) is 3.23. The Hall–Kier alpha value is -2.62. The van der Waals surface area contributed by atoms with Crippen LogP contribution in [0, 0.1) is 6.92 Å². The van der Waals surface area contributed by atoms with Gasteiger partial charge in [-0.2, -0.15) is 4.31 Å². The first-order valence-corrected chi connectivity index (χ1v) is 11.9. The van der Waals surface area contributed by atoms with E-state index in [1.54, 1.807) is 41.6 Å². The lowest BCUT2D eigenvalue weighted by Crippen LogP contribution is -2.50. The number of thiazole rings is 1. The first-order chi connectivity index (χ1) is 14.4. The molecule has 7 nitrogen and oxygen atoms in total. The number of rotatable bonds is 5. The lowest BCUT2D eigenvalue weighted by Gasteiger charge is -2.34. The summed E-state index contributed by atoms with van der Waals surface area (Å²) in [4.78, 5) is 23.3. The molecule has 3 heterocycles. The highest BCUT2D eigenvalue weighted by molar-refractivity contribution is 7.89. The molecule has 0 bridgehead atoms. The number of hydrogen-bond acceptors (Lipinski definition) is 6. The van der Waals surface area contributed by atoms with E-state index >= 15 is 0 Å². The largest absolute Gasteiger partial charge is 0.340 e. The van der Waals surface area contributed by atoms with Crippen LogP contribution < -0.4 is 0 Å². The zero-order valence-electron chi connectivity index (χ0n) is 16.6. The van der Waals surface area contributed by atoms with Crippen molar-refractivity contribution in [1.82, 2.24) is 19.2 Å². The minimum atomic E-state index is -3.54. The molecule has 0 saturated carbocycles. The number of hydrogen-bond donors (Lipinski definition) is 0. The summed E-state index contributed by atoms with van der Waals surface area (Å²) < 4.78 is 27.1. The van der Waals surface area contributed by atoms with E-state index in [0.29, 0.717) is 31.1 Å². The number of aryl methyl sites for hydroxylation is 1. The number of amides is 1. The molecule has 0 aliphatic carbocycles. The Morgan fingerprint density at radius 2 is 1.83 bits per heavy atom. The van der Waals surface area contributed by atoms with Crippen LogP contribution in [0.25, 0.3) is 10.6 Å². The molecule has 0 spiro atoms. The fraction of sp³-hybridized carbons (Fsp3) is 0.286. The lowest BCUT2D eigenvalue weighted by atomic mass is 10.2.